The van der Waals surface area contributed by atoms with Crippen molar-refractivity contribution in [2.24, 2.45) is 0 Å². The molecule has 0 rings (SSSR count). The summed E-state index contributed by atoms with van der Waals surface area (Å²) in [4.78, 5) is 0. The van der Waals surface area contributed by atoms with Crippen LogP contribution in [0.25, 0.3) is 0 Å². The maximum atomic E-state index is 3.40. The van der Waals surface area contributed by atoms with E-state index in [0.29, 0.717) is 0 Å². The Hall–Kier alpha value is -0.206. The van der Waals surface area contributed by atoms with E-state index in [1.165, 1.54) is 0 Å². The minimum absolute atomic E-state index is 1.93. The summed E-state index contributed by atoms with van der Waals surface area (Å²) in [5.74, 6) is 0. The predicted molar refractivity (Wildman–Crippen MR) is 146 cm³/mol. The van der Waals surface area contributed by atoms with E-state index in [-0.39, 0.29) is 0 Å². The zero-order valence-electron chi connectivity index (χ0n) is 24.6. The van der Waals surface area contributed by atoms with Gasteiger partial charge in [0.15, 0.2) is 0 Å². The molecule has 16 nitrogen and oxygen atoms in total. The number of hydrazine groups is 8. The van der Waals surface area contributed by atoms with Crippen molar-refractivity contribution in [2.45, 2.75) is 0 Å². The van der Waals surface area contributed by atoms with E-state index in [1.807, 2.05) is 153 Å². The van der Waals surface area contributed by atoms with E-state index in [0.717, 1.165) is 0 Å². The van der Waals surface area contributed by atoms with E-state index in [2.05, 4.69) is 40.7 Å². The lowest BCUT2D eigenvalue weighted by atomic mass is 11.2. The van der Waals surface area contributed by atoms with Crippen LogP contribution in [0, 0.1) is 0 Å². The molecule has 0 heterocycles. The monoisotopic (exact) mass is 528 g/mol. The van der Waals surface area contributed by atoms with Crippen molar-refractivity contribution >= 4 is 17.4 Å². The van der Waals surface area contributed by atoms with Crippen LogP contribution in [0.15, 0.2) is 0 Å². The zero-order valence-corrected chi connectivity index (χ0v) is 26.6. The fraction of sp³-hybridized carbons (Fsp3) is 1.00. The summed E-state index contributed by atoms with van der Waals surface area (Å²) < 4.78 is 0. The third-order valence-electron chi connectivity index (χ3n) is 3.13. The lowest BCUT2D eigenvalue weighted by molar-refractivity contribution is 0.229. The maximum Gasteiger partial charge on any atom is 0.421 e. The van der Waals surface area contributed by atoms with Gasteiger partial charge in [0.1, 0.15) is 0 Å². The van der Waals surface area contributed by atoms with Gasteiger partial charge in [0.05, 0.1) is 0 Å². The molecule has 0 fully saturated rings. The van der Waals surface area contributed by atoms with Gasteiger partial charge in [0.25, 0.3) is 0 Å². The third kappa shape index (κ3) is 19.0. The second-order valence-corrected chi connectivity index (χ2v) is 14.3. The summed E-state index contributed by atoms with van der Waals surface area (Å²) in [6, 6.07) is 0. The minimum atomic E-state index is -2.34. The van der Waals surface area contributed by atoms with Gasteiger partial charge in [-0.25, -0.2) is 40.7 Å². The predicted octanol–water partition coefficient (Wildman–Crippen LogP) is -4.63. The maximum absolute atomic E-state index is 3.40. The third-order valence-corrected chi connectivity index (χ3v) is 9.39. The van der Waals surface area contributed by atoms with E-state index in [1.54, 1.807) is 0 Å². The molecular formula is C16H56N16Si2. The van der Waals surface area contributed by atoms with Gasteiger partial charge in [-0.15, -0.1) is 0 Å². The van der Waals surface area contributed by atoms with Crippen LogP contribution in [0.5, 0.6) is 0 Å². The van der Waals surface area contributed by atoms with Crippen LogP contribution in [-0.4, -0.2) is 170 Å². The summed E-state index contributed by atoms with van der Waals surface area (Å²) in [6.45, 7) is 0. The summed E-state index contributed by atoms with van der Waals surface area (Å²) >= 11 is 0. The van der Waals surface area contributed by atoms with Crippen molar-refractivity contribution < 1.29 is 0 Å². The Morgan fingerprint density at radius 2 is 0.324 bits per heavy atom. The molecule has 0 aliphatic heterocycles. The molecule has 0 bridgehead atoms. The van der Waals surface area contributed by atoms with Gasteiger partial charge in [-0.1, -0.05) is 0 Å². The van der Waals surface area contributed by atoms with Crippen LogP contribution in [0.3, 0.4) is 0 Å². The Morgan fingerprint density at radius 1 is 0.235 bits per heavy atom. The summed E-state index contributed by atoms with van der Waals surface area (Å²) in [7, 11) is 26.8. The number of nitrogens with zero attached hydrogens (tertiary/aromatic N) is 8. The van der Waals surface area contributed by atoms with Gasteiger partial charge in [0, 0.05) is 113 Å². The standard InChI is InChI=1S/2C8H28N8Si/c2*1-13(2)9-17(10-14(3)4,11-15(5)6)12-16(7)8/h2*9-12H,1-8H3. The van der Waals surface area contributed by atoms with Gasteiger partial charge in [0.2, 0.25) is 0 Å². The average molecular weight is 529 g/mol. The first-order chi connectivity index (χ1) is 15.3. The van der Waals surface area contributed by atoms with Gasteiger partial charge >= 0.3 is 17.4 Å². The largest absolute Gasteiger partial charge is 0.421 e. The van der Waals surface area contributed by atoms with Crippen molar-refractivity contribution in [1.82, 2.24) is 80.8 Å². The van der Waals surface area contributed by atoms with Crippen LogP contribution in [-0.2, 0) is 0 Å². The molecule has 0 saturated heterocycles. The fourth-order valence-electron chi connectivity index (χ4n) is 2.98. The molecule has 0 aromatic heterocycles. The van der Waals surface area contributed by atoms with Crippen LogP contribution in [0.4, 0.5) is 0 Å². The van der Waals surface area contributed by atoms with Crippen molar-refractivity contribution in [3.63, 3.8) is 0 Å². The lowest BCUT2D eigenvalue weighted by Gasteiger charge is -2.40. The molecule has 0 aromatic rings. The number of rotatable bonds is 16. The number of hydrogen-bond acceptors (Lipinski definition) is 16. The first-order valence-electron chi connectivity index (χ1n) is 10.9. The Kier molecular flexibility index (Phi) is 18.3. The molecule has 0 atom stereocenters. The molecule has 8 N–H and O–H groups in total. The quantitative estimate of drug-likeness (QED) is 0.0723. The Bertz CT molecular complexity index is 368. The first kappa shape index (κ1) is 36.0. The molecule has 0 unspecified atom stereocenters. The van der Waals surface area contributed by atoms with Gasteiger partial charge in [-0.05, 0) is 0 Å². The summed E-state index contributed by atoms with van der Waals surface area (Å²) in [5.41, 5.74) is 0. The molecule has 18 heteroatoms. The smallest absolute Gasteiger partial charge is 0.254 e. The Balaban J connectivity index is 0. The van der Waals surface area contributed by atoms with Crippen LogP contribution >= 0.6 is 0 Å². The molecule has 208 valence electrons. The summed E-state index contributed by atoms with van der Waals surface area (Å²) in [6.07, 6.45) is 0. The van der Waals surface area contributed by atoms with Crippen molar-refractivity contribution in [3.8, 4) is 0 Å². The number of nitrogens with one attached hydrogen (secondary N) is 8. The molecule has 0 aliphatic carbocycles. The second-order valence-electron chi connectivity index (χ2n) is 9.55. The van der Waals surface area contributed by atoms with Crippen molar-refractivity contribution in [1.29, 1.82) is 0 Å². The minimum Gasteiger partial charge on any atom is -0.254 e. The molecule has 0 radical (unpaired) electrons. The molecule has 0 aromatic carbocycles. The van der Waals surface area contributed by atoms with E-state index in [9.17, 15) is 0 Å². The highest BCUT2D eigenvalue weighted by atomic mass is 28.4. The highest BCUT2D eigenvalue weighted by molar-refractivity contribution is 6.69. The summed E-state index contributed by atoms with van der Waals surface area (Å²) in [5, 5.41) is 42.6. The van der Waals surface area contributed by atoms with Crippen LogP contribution in [0.2, 0.25) is 0 Å². The molecule has 0 amide bonds. The highest BCUT2D eigenvalue weighted by Crippen LogP contribution is 1.90. The second kappa shape index (κ2) is 17.3. The topological polar surface area (TPSA) is 122 Å². The average Bonchev–Trinajstić information content (AvgIpc) is 2.48. The lowest BCUT2D eigenvalue weighted by Crippen LogP contribution is -2.87. The van der Waals surface area contributed by atoms with E-state index >= 15 is 0 Å². The van der Waals surface area contributed by atoms with Gasteiger partial charge in [-0.2, -0.15) is 0 Å². The van der Waals surface area contributed by atoms with Crippen LogP contribution < -0.4 is 40.7 Å². The van der Waals surface area contributed by atoms with Crippen LogP contribution in [0.1, 0.15) is 0 Å². The normalized spacial score (nSPS) is 13.4. The first-order valence-corrected chi connectivity index (χ1v) is 14.9. The van der Waals surface area contributed by atoms with Crippen molar-refractivity contribution in [2.75, 3.05) is 113 Å². The van der Waals surface area contributed by atoms with E-state index < -0.39 is 17.4 Å². The molecule has 0 aliphatic rings. The fourth-order valence-corrected chi connectivity index (χ4v) is 8.95. The Morgan fingerprint density at radius 3 is 0.382 bits per heavy atom. The Labute approximate surface area is 211 Å². The molecular weight excluding hydrogens is 472 g/mol. The zero-order chi connectivity index (χ0) is 27.3. The van der Waals surface area contributed by atoms with Gasteiger partial charge in [-0.3, -0.25) is 40.1 Å². The highest BCUT2D eigenvalue weighted by Gasteiger charge is 2.39. The molecule has 0 spiro atoms. The van der Waals surface area contributed by atoms with Crippen molar-refractivity contribution in [3.05, 3.63) is 0 Å². The molecule has 0 saturated carbocycles. The SMILES string of the molecule is CN(C)N[Si](NN(C)C)(NN(C)C)NN(C)C.CN(C)N[Si](NN(C)C)(NN(C)C)NN(C)C. The molecule has 34 heavy (non-hydrogen) atoms. The van der Waals surface area contributed by atoms with Gasteiger partial charge < -0.3 is 0 Å². The number of hydrogen-bond donors (Lipinski definition) is 8. The van der Waals surface area contributed by atoms with E-state index in [4.69, 9.17) is 0 Å².